The van der Waals surface area contributed by atoms with Gasteiger partial charge >= 0.3 is 4.34 Å². The van der Waals surface area contributed by atoms with Crippen molar-refractivity contribution in [1.29, 1.82) is 0 Å². The number of nitrogens with zero attached hydrogens (tertiary/aromatic N) is 2. The highest BCUT2D eigenvalue weighted by atomic mass is 32.2. The summed E-state index contributed by atoms with van der Waals surface area (Å²) in [5.74, 6) is 3.53. The van der Waals surface area contributed by atoms with Crippen LogP contribution in [0.2, 0.25) is 0 Å². The molecule has 5 heteroatoms. The summed E-state index contributed by atoms with van der Waals surface area (Å²) in [4.78, 5) is 5.40. The van der Waals surface area contributed by atoms with Crippen LogP contribution in [0.4, 0.5) is 0 Å². The van der Waals surface area contributed by atoms with E-state index in [1.807, 2.05) is 31.2 Å². The summed E-state index contributed by atoms with van der Waals surface area (Å²) in [5, 5.41) is 0. The minimum atomic E-state index is -1.28. The fourth-order valence-electron chi connectivity index (χ4n) is 6.64. The molecular weight excluding hydrogens is 420 g/mol. The van der Waals surface area contributed by atoms with Gasteiger partial charge in [-0.05, 0) is 73.5 Å². The summed E-state index contributed by atoms with van der Waals surface area (Å²) in [7, 11) is 0. The first-order valence-electron chi connectivity index (χ1n) is 11.5. The standard InChI is InChI=1S/C26H28N2OS2/c1-17-5-11-23(12-6-17)31(29)25-27-24(28-30-25)19-7-9-22(10-8-19)26-14-18-3-2-4-20(15-26)21(13-18)16-26/h5-12,18,20-21H,2-4,13-16H2,1H3. The molecule has 5 atom stereocenters. The summed E-state index contributed by atoms with van der Waals surface area (Å²) in [6, 6.07) is 16.8. The first-order valence-corrected chi connectivity index (χ1v) is 13.5. The molecule has 160 valence electrons. The molecule has 6 rings (SSSR count). The summed E-state index contributed by atoms with van der Waals surface area (Å²) in [6.07, 6.45) is 9.98. The van der Waals surface area contributed by atoms with Gasteiger partial charge in [0.05, 0.1) is 11.2 Å². The van der Waals surface area contributed by atoms with Crippen LogP contribution in [0.3, 0.4) is 0 Å². The Kier molecular flexibility index (Phi) is 4.97. The van der Waals surface area contributed by atoms with Gasteiger partial charge in [0.15, 0.2) is 10.7 Å². The molecule has 1 aromatic heterocycles. The van der Waals surface area contributed by atoms with Gasteiger partial charge in [-0.1, -0.05) is 61.2 Å². The van der Waals surface area contributed by atoms with E-state index in [4.69, 9.17) is 0 Å². The predicted molar refractivity (Wildman–Crippen MR) is 126 cm³/mol. The van der Waals surface area contributed by atoms with Crippen LogP contribution in [0, 0.1) is 24.7 Å². The SMILES string of the molecule is Cc1ccc([S+]([O-])c2nc(-c3ccc(C45CC6CCCC(C4)C(C6)C5)cc3)ns2)cc1. The molecule has 31 heavy (non-hydrogen) atoms. The summed E-state index contributed by atoms with van der Waals surface area (Å²) in [6.45, 7) is 2.03. The summed E-state index contributed by atoms with van der Waals surface area (Å²) < 4.78 is 18.0. The summed E-state index contributed by atoms with van der Waals surface area (Å²) >= 11 is -0.0327. The van der Waals surface area contributed by atoms with Crippen molar-refractivity contribution in [1.82, 2.24) is 9.36 Å². The van der Waals surface area contributed by atoms with Crippen LogP contribution in [-0.2, 0) is 16.6 Å². The maximum absolute atomic E-state index is 12.9. The van der Waals surface area contributed by atoms with Crippen molar-refractivity contribution in [2.45, 2.75) is 66.5 Å². The van der Waals surface area contributed by atoms with E-state index in [0.29, 0.717) is 15.6 Å². The Morgan fingerprint density at radius 1 is 0.968 bits per heavy atom. The number of hydrogen-bond donors (Lipinski definition) is 0. The van der Waals surface area contributed by atoms with E-state index < -0.39 is 11.2 Å². The third-order valence-corrected chi connectivity index (χ3v) is 10.3. The highest BCUT2D eigenvalue weighted by Crippen LogP contribution is 2.60. The van der Waals surface area contributed by atoms with E-state index in [9.17, 15) is 4.55 Å². The minimum absolute atomic E-state index is 0.408. The molecule has 0 saturated heterocycles. The smallest absolute Gasteiger partial charge is 0.327 e. The van der Waals surface area contributed by atoms with Gasteiger partial charge in [0, 0.05) is 17.1 Å². The zero-order valence-electron chi connectivity index (χ0n) is 17.9. The highest BCUT2D eigenvalue weighted by molar-refractivity contribution is 7.93. The van der Waals surface area contributed by atoms with Gasteiger partial charge in [0.25, 0.3) is 0 Å². The largest absolute Gasteiger partial charge is 0.605 e. The third-order valence-electron chi connectivity index (χ3n) is 8.03. The molecule has 3 aliphatic rings. The molecule has 1 heterocycles. The zero-order chi connectivity index (χ0) is 21.0. The molecule has 0 amide bonds. The van der Waals surface area contributed by atoms with Gasteiger partial charge in [-0.15, -0.1) is 0 Å². The lowest BCUT2D eigenvalue weighted by atomic mass is 9.66. The van der Waals surface area contributed by atoms with Gasteiger partial charge < -0.3 is 4.55 Å². The van der Waals surface area contributed by atoms with Gasteiger partial charge in [0.2, 0.25) is 0 Å². The number of rotatable bonds is 4. The van der Waals surface area contributed by atoms with E-state index in [1.165, 1.54) is 62.0 Å². The van der Waals surface area contributed by atoms with Crippen LogP contribution in [0.15, 0.2) is 57.8 Å². The Labute approximate surface area is 191 Å². The van der Waals surface area contributed by atoms with Crippen LogP contribution in [-0.4, -0.2) is 13.9 Å². The van der Waals surface area contributed by atoms with E-state index in [-0.39, 0.29) is 0 Å². The Morgan fingerprint density at radius 2 is 1.74 bits per heavy atom. The topological polar surface area (TPSA) is 48.8 Å². The lowest BCUT2D eigenvalue weighted by molar-refractivity contribution is 0.219. The number of fused-ring (bicyclic) bond motifs is 2. The van der Waals surface area contributed by atoms with Crippen LogP contribution in [0.1, 0.15) is 56.1 Å². The fraction of sp³-hybridized carbons (Fsp3) is 0.462. The zero-order valence-corrected chi connectivity index (χ0v) is 19.6. The Morgan fingerprint density at radius 3 is 2.55 bits per heavy atom. The first kappa shape index (κ1) is 20.0. The molecule has 3 aromatic rings. The van der Waals surface area contributed by atoms with Crippen LogP contribution >= 0.6 is 11.5 Å². The van der Waals surface area contributed by atoms with Gasteiger partial charge in [-0.25, -0.2) is 0 Å². The van der Waals surface area contributed by atoms with Crippen LogP contribution in [0.5, 0.6) is 0 Å². The number of benzene rings is 2. The van der Waals surface area contributed by atoms with Crippen LogP contribution < -0.4 is 0 Å². The molecule has 0 radical (unpaired) electrons. The quantitative estimate of drug-likeness (QED) is 0.426. The molecule has 3 fully saturated rings. The lowest BCUT2D eigenvalue weighted by Crippen LogP contribution is -2.30. The van der Waals surface area contributed by atoms with E-state index in [0.717, 1.165) is 33.8 Å². The molecule has 3 bridgehead atoms. The second-order valence-corrected chi connectivity index (χ2v) is 12.4. The molecule has 3 nitrogen and oxygen atoms in total. The van der Waals surface area contributed by atoms with Crippen molar-refractivity contribution >= 4 is 22.7 Å². The molecular formula is C26H28N2OS2. The molecule has 3 saturated carbocycles. The van der Waals surface area contributed by atoms with Crippen molar-refractivity contribution in [2.75, 3.05) is 0 Å². The maximum atomic E-state index is 12.9. The van der Waals surface area contributed by atoms with Gasteiger partial charge in [-0.3, -0.25) is 0 Å². The second-order valence-electron chi connectivity index (χ2n) is 9.99. The molecule has 0 aliphatic heterocycles. The van der Waals surface area contributed by atoms with Crippen LogP contribution in [0.25, 0.3) is 11.4 Å². The van der Waals surface area contributed by atoms with Crippen molar-refractivity contribution in [3.63, 3.8) is 0 Å². The fourth-order valence-corrected chi connectivity index (χ4v) is 8.51. The van der Waals surface area contributed by atoms with Crippen molar-refractivity contribution in [3.05, 3.63) is 59.7 Å². The lowest BCUT2D eigenvalue weighted by Gasteiger charge is -2.38. The minimum Gasteiger partial charge on any atom is -0.605 e. The van der Waals surface area contributed by atoms with E-state index in [2.05, 4.69) is 33.6 Å². The Hall–Kier alpha value is -1.69. The average molecular weight is 449 g/mol. The monoisotopic (exact) mass is 448 g/mol. The van der Waals surface area contributed by atoms with Crippen molar-refractivity contribution in [2.24, 2.45) is 17.8 Å². The normalized spacial score (nSPS) is 30.3. The number of aromatic nitrogens is 2. The Balaban J connectivity index is 1.23. The van der Waals surface area contributed by atoms with Gasteiger partial charge in [-0.2, -0.15) is 9.36 Å². The first-order chi connectivity index (χ1) is 15.1. The molecule has 0 N–H and O–H groups in total. The Bertz CT molecular complexity index is 1070. The molecule has 2 aromatic carbocycles. The second kappa shape index (κ2) is 7.72. The van der Waals surface area contributed by atoms with Crippen molar-refractivity contribution in [3.8, 4) is 11.4 Å². The predicted octanol–water partition coefficient (Wildman–Crippen LogP) is 6.54. The maximum Gasteiger partial charge on any atom is 0.327 e. The number of aryl methyl sites for hydroxylation is 1. The number of hydrogen-bond acceptors (Lipinski definition) is 4. The average Bonchev–Trinajstić information content (AvgIpc) is 3.33. The third kappa shape index (κ3) is 3.55. The van der Waals surface area contributed by atoms with Gasteiger partial charge in [0.1, 0.15) is 0 Å². The summed E-state index contributed by atoms with van der Waals surface area (Å²) in [5.41, 5.74) is 4.11. The van der Waals surface area contributed by atoms with E-state index >= 15 is 0 Å². The van der Waals surface area contributed by atoms with Crippen molar-refractivity contribution < 1.29 is 4.55 Å². The molecule has 5 unspecified atom stereocenters. The highest BCUT2D eigenvalue weighted by Gasteiger charge is 2.52. The van der Waals surface area contributed by atoms with E-state index in [1.54, 1.807) is 0 Å². The molecule has 3 aliphatic carbocycles. The molecule has 0 spiro atoms.